The van der Waals surface area contributed by atoms with Crippen molar-refractivity contribution in [1.82, 2.24) is 5.32 Å². The van der Waals surface area contributed by atoms with Crippen LogP contribution in [-0.4, -0.2) is 42.1 Å². The SMILES string of the molecule is Cc1ccc(N2CCCCC2)c(CN=C(N)NC(=O)c2ccc(CC(N)C(=O)O)cc2)c1Cl. The summed E-state index contributed by atoms with van der Waals surface area (Å²) in [5.41, 5.74) is 15.6. The lowest BCUT2D eigenvalue weighted by Gasteiger charge is -2.31. The molecule has 2 aromatic rings. The summed E-state index contributed by atoms with van der Waals surface area (Å²) in [4.78, 5) is 30.1. The number of nitrogens with two attached hydrogens (primary N) is 2. The van der Waals surface area contributed by atoms with E-state index < -0.39 is 17.9 Å². The van der Waals surface area contributed by atoms with Crippen molar-refractivity contribution < 1.29 is 14.7 Å². The van der Waals surface area contributed by atoms with Gasteiger partial charge in [0.1, 0.15) is 6.04 Å². The highest BCUT2D eigenvalue weighted by Gasteiger charge is 2.18. The van der Waals surface area contributed by atoms with Crippen molar-refractivity contribution in [2.24, 2.45) is 16.5 Å². The molecule has 0 bridgehead atoms. The third kappa shape index (κ3) is 6.46. The van der Waals surface area contributed by atoms with E-state index in [0.29, 0.717) is 10.6 Å². The molecule has 1 heterocycles. The second kappa shape index (κ2) is 11.2. The number of amides is 1. The monoisotopic (exact) mass is 471 g/mol. The van der Waals surface area contributed by atoms with Gasteiger partial charge in [0.2, 0.25) is 0 Å². The molecular weight excluding hydrogens is 442 g/mol. The maximum absolute atomic E-state index is 12.5. The molecule has 1 aliphatic heterocycles. The van der Waals surface area contributed by atoms with Crippen molar-refractivity contribution in [2.75, 3.05) is 18.0 Å². The second-order valence-corrected chi connectivity index (χ2v) is 8.62. The van der Waals surface area contributed by atoms with Gasteiger partial charge in [-0.3, -0.25) is 14.9 Å². The van der Waals surface area contributed by atoms with E-state index in [1.165, 1.54) is 6.42 Å². The van der Waals surface area contributed by atoms with Crippen LogP contribution >= 0.6 is 11.6 Å². The number of benzene rings is 2. The zero-order valence-electron chi connectivity index (χ0n) is 18.7. The standard InChI is InChI=1S/C24H30ClN5O3/c1-15-5-10-20(30-11-3-2-4-12-30)18(21(15)25)14-28-24(27)29-22(31)17-8-6-16(7-9-17)13-19(26)23(32)33/h5-10,19H,2-4,11-14,26H2,1H3,(H,32,33)(H3,27,28,29,31). The Morgan fingerprint density at radius 2 is 1.82 bits per heavy atom. The van der Waals surface area contributed by atoms with E-state index in [0.717, 1.165) is 48.3 Å². The lowest BCUT2D eigenvalue weighted by molar-refractivity contribution is -0.138. The third-order valence-corrected chi connectivity index (χ3v) is 6.27. The summed E-state index contributed by atoms with van der Waals surface area (Å²) in [7, 11) is 0. The van der Waals surface area contributed by atoms with Crippen LogP contribution in [0.5, 0.6) is 0 Å². The smallest absolute Gasteiger partial charge is 0.320 e. The first-order chi connectivity index (χ1) is 15.8. The van der Waals surface area contributed by atoms with Gasteiger partial charge in [0, 0.05) is 29.9 Å². The predicted octanol–water partition coefficient (Wildman–Crippen LogP) is 2.84. The molecule has 1 unspecified atom stereocenters. The number of carbonyl (C=O) groups excluding carboxylic acids is 1. The van der Waals surface area contributed by atoms with Gasteiger partial charge in [-0.25, -0.2) is 4.99 Å². The number of hydrogen-bond acceptors (Lipinski definition) is 5. The van der Waals surface area contributed by atoms with Gasteiger partial charge in [0.25, 0.3) is 5.91 Å². The van der Waals surface area contributed by atoms with Crippen LogP contribution in [0, 0.1) is 6.92 Å². The molecule has 1 fully saturated rings. The molecule has 8 nitrogen and oxygen atoms in total. The number of anilines is 1. The Labute approximate surface area is 198 Å². The molecule has 0 aliphatic carbocycles. The zero-order valence-corrected chi connectivity index (χ0v) is 19.4. The molecule has 176 valence electrons. The Morgan fingerprint density at radius 3 is 2.45 bits per heavy atom. The summed E-state index contributed by atoms with van der Waals surface area (Å²) in [6, 6.07) is 9.62. The summed E-state index contributed by atoms with van der Waals surface area (Å²) >= 11 is 6.60. The minimum absolute atomic E-state index is 0.000794. The van der Waals surface area contributed by atoms with E-state index in [1.54, 1.807) is 24.3 Å². The first-order valence-corrected chi connectivity index (χ1v) is 11.4. The average Bonchev–Trinajstić information content (AvgIpc) is 2.80. The summed E-state index contributed by atoms with van der Waals surface area (Å²) < 4.78 is 0. The first kappa shape index (κ1) is 24.5. The second-order valence-electron chi connectivity index (χ2n) is 8.24. The molecule has 0 saturated carbocycles. The van der Waals surface area contributed by atoms with Crippen molar-refractivity contribution in [3.63, 3.8) is 0 Å². The van der Waals surface area contributed by atoms with Gasteiger partial charge < -0.3 is 21.5 Å². The molecule has 9 heteroatoms. The minimum atomic E-state index is -1.07. The highest BCUT2D eigenvalue weighted by molar-refractivity contribution is 6.32. The fourth-order valence-electron chi connectivity index (χ4n) is 3.84. The Morgan fingerprint density at radius 1 is 1.15 bits per heavy atom. The Hall–Kier alpha value is -3.10. The summed E-state index contributed by atoms with van der Waals surface area (Å²) in [5, 5.41) is 12.2. The number of nitrogens with one attached hydrogen (secondary N) is 1. The molecular formula is C24H30ClN5O3. The van der Waals surface area contributed by atoms with E-state index in [9.17, 15) is 9.59 Å². The normalized spacial score (nSPS) is 15.2. The number of guanidine groups is 1. The molecule has 0 radical (unpaired) electrons. The number of halogens is 1. The molecule has 1 aliphatic rings. The van der Waals surface area contributed by atoms with Gasteiger partial charge in [0.15, 0.2) is 5.96 Å². The quantitative estimate of drug-likeness (QED) is 0.362. The van der Waals surface area contributed by atoms with Crippen LogP contribution in [-0.2, 0) is 17.8 Å². The summed E-state index contributed by atoms with van der Waals surface area (Å²) in [6.07, 6.45) is 3.70. The maximum atomic E-state index is 12.5. The highest BCUT2D eigenvalue weighted by Crippen LogP contribution is 2.32. The number of carbonyl (C=O) groups is 2. The molecule has 1 atom stereocenters. The average molecular weight is 472 g/mol. The molecule has 2 aromatic carbocycles. The Bertz CT molecular complexity index is 1030. The number of piperidine rings is 1. The van der Waals surface area contributed by atoms with Crippen LogP contribution in [0.15, 0.2) is 41.4 Å². The van der Waals surface area contributed by atoms with Crippen molar-refractivity contribution in [3.8, 4) is 0 Å². The predicted molar refractivity (Wildman–Crippen MR) is 131 cm³/mol. The zero-order chi connectivity index (χ0) is 24.0. The Balaban J connectivity index is 1.67. The van der Waals surface area contributed by atoms with Crippen LogP contribution in [0.1, 0.15) is 46.3 Å². The van der Waals surface area contributed by atoms with Crippen molar-refractivity contribution >= 4 is 35.1 Å². The molecule has 33 heavy (non-hydrogen) atoms. The largest absolute Gasteiger partial charge is 0.480 e. The number of aryl methyl sites for hydroxylation is 1. The molecule has 0 aromatic heterocycles. The number of aliphatic imine (C=N–C) groups is 1. The lowest BCUT2D eigenvalue weighted by Crippen LogP contribution is -2.37. The molecule has 0 spiro atoms. The molecule has 1 amide bonds. The topological polar surface area (TPSA) is 134 Å². The van der Waals surface area contributed by atoms with E-state index in [1.807, 2.05) is 13.0 Å². The van der Waals surface area contributed by atoms with Gasteiger partial charge in [-0.1, -0.05) is 29.8 Å². The fraction of sp³-hybridized carbons (Fsp3) is 0.375. The summed E-state index contributed by atoms with van der Waals surface area (Å²) in [6.45, 7) is 4.17. The van der Waals surface area contributed by atoms with E-state index in [-0.39, 0.29) is 18.9 Å². The van der Waals surface area contributed by atoms with E-state index >= 15 is 0 Å². The van der Waals surface area contributed by atoms with Gasteiger partial charge in [0.05, 0.1) is 11.6 Å². The van der Waals surface area contributed by atoms with Crippen LogP contribution in [0.25, 0.3) is 0 Å². The highest BCUT2D eigenvalue weighted by atomic mass is 35.5. The number of carboxylic acid groups (broad SMARTS) is 1. The first-order valence-electron chi connectivity index (χ1n) is 11.0. The molecule has 1 saturated heterocycles. The number of aliphatic carboxylic acids is 1. The number of rotatable bonds is 7. The van der Waals surface area contributed by atoms with Gasteiger partial charge >= 0.3 is 5.97 Å². The van der Waals surface area contributed by atoms with Gasteiger partial charge in [-0.05, 0) is 61.9 Å². The Kier molecular flexibility index (Phi) is 8.30. The third-order valence-electron chi connectivity index (χ3n) is 5.75. The van der Waals surface area contributed by atoms with Crippen molar-refractivity contribution in [1.29, 1.82) is 0 Å². The van der Waals surface area contributed by atoms with E-state index in [2.05, 4.69) is 21.3 Å². The van der Waals surface area contributed by atoms with E-state index in [4.69, 9.17) is 28.2 Å². The number of carboxylic acids is 1. The lowest BCUT2D eigenvalue weighted by atomic mass is 10.0. The fourth-order valence-corrected chi connectivity index (χ4v) is 4.05. The van der Waals surface area contributed by atoms with Crippen LogP contribution in [0.2, 0.25) is 5.02 Å². The van der Waals surface area contributed by atoms with Crippen LogP contribution in [0.3, 0.4) is 0 Å². The number of hydrogen-bond donors (Lipinski definition) is 4. The molecule has 3 rings (SSSR count). The summed E-state index contributed by atoms with van der Waals surface area (Å²) in [5.74, 6) is -1.48. The van der Waals surface area contributed by atoms with Crippen LogP contribution < -0.4 is 21.7 Å². The van der Waals surface area contributed by atoms with Gasteiger partial charge in [-0.2, -0.15) is 0 Å². The van der Waals surface area contributed by atoms with Crippen LogP contribution in [0.4, 0.5) is 5.69 Å². The van der Waals surface area contributed by atoms with Crippen molar-refractivity contribution in [3.05, 3.63) is 63.7 Å². The minimum Gasteiger partial charge on any atom is -0.480 e. The molecule has 6 N–H and O–H groups in total. The maximum Gasteiger partial charge on any atom is 0.320 e. The van der Waals surface area contributed by atoms with Crippen molar-refractivity contribution in [2.45, 2.75) is 45.2 Å². The van der Waals surface area contributed by atoms with Gasteiger partial charge in [-0.15, -0.1) is 0 Å². The number of nitrogens with zero attached hydrogens (tertiary/aromatic N) is 2.